The van der Waals surface area contributed by atoms with Gasteiger partial charge >= 0.3 is 5.97 Å². The van der Waals surface area contributed by atoms with Gasteiger partial charge in [-0.2, -0.15) is 0 Å². The fourth-order valence-corrected chi connectivity index (χ4v) is 3.39. The number of carboxylic acid groups (broad SMARTS) is 1. The Morgan fingerprint density at radius 2 is 1.64 bits per heavy atom. The zero-order chi connectivity index (χ0) is 15.5. The third-order valence-corrected chi connectivity index (χ3v) is 4.73. The van der Waals surface area contributed by atoms with Crippen LogP contribution in [0.4, 0.5) is 0 Å². The van der Waals surface area contributed by atoms with Gasteiger partial charge in [-0.1, -0.05) is 54.6 Å². The van der Waals surface area contributed by atoms with E-state index in [1.807, 2.05) is 25.1 Å². The highest BCUT2D eigenvalue weighted by molar-refractivity contribution is 7.10. The summed E-state index contributed by atoms with van der Waals surface area (Å²) in [6.45, 7) is 1.98. The van der Waals surface area contributed by atoms with Crippen molar-refractivity contribution < 1.29 is 9.90 Å². The molecule has 0 aliphatic heterocycles. The van der Waals surface area contributed by atoms with E-state index in [0.717, 1.165) is 16.0 Å². The highest BCUT2D eigenvalue weighted by atomic mass is 32.1. The number of carboxylic acids is 1. The maximum Gasteiger partial charge on any atom is 0.336 e. The van der Waals surface area contributed by atoms with Crippen LogP contribution in [0.3, 0.4) is 0 Å². The van der Waals surface area contributed by atoms with Gasteiger partial charge in [0.1, 0.15) is 0 Å². The lowest BCUT2D eigenvalue weighted by atomic mass is 9.99. The van der Waals surface area contributed by atoms with Crippen LogP contribution in [-0.4, -0.2) is 11.1 Å². The minimum atomic E-state index is -0.847. The maximum absolute atomic E-state index is 11.3. The van der Waals surface area contributed by atoms with Crippen LogP contribution in [0.5, 0.6) is 0 Å². The minimum absolute atomic E-state index is 0.426. The minimum Gasteiger partial charge on any atom is -0.478 e. The van der Waals surface area contributed by atoms with Gasteiger partial charge in [-0.05, 0) is 35.6 Å². The lowest BCUT2D eigenvalue weighted by Crippen LogP contribution is -2.00. The van der Waals surface area contributed by atoms with E-state index in [0.29, 0.717) is 12.0 Å². The zero-order valence-electron chi connectivity index (χ0n) is 12.2. The van der Waals surface area contributed by atoms with E-state index in [9.17, 15) is 9.90 Å². The molecule has 0 saturated carbocycles. The van der Waals surface area contributed by atoms with Gasteiger partial charge in [0.25, 0.3) is 0 Å². The molecule has 3 rings (SSSR count). The molecule has 2 nitrogen and oxygen atoms in total. The molecule has 3 aromatic rings. The van der Waals surface area contributed by atoms with Crippen LogP contribution in [0.15, 0.2) is 60.0 Å². The second-order valence-corrected chi connectivity index (χ2v) is 6.31. The van der Waals surface area contributed by atoms with Crippen molar-refractivity contribution in [1.29, 1.82) is 0 Å². The fourth-order valence-electron chi connectivity index (χ4n) is 2.53. The number of carbonyl (C=O) groups is 1. The molecule has 0 aliphatic carbocycles. The van der Waals surface area contributed by atoms with Crippen molar-refractivity contribution in [2.45, 2.75) is 13.3 Å². The zero-order valence-corrected chi connectivity index (χ0v) is 13.1. The summed E-state index contributed by atoms with van der Waals surface area (Å²) in [7, 11) is 0. The van der Waals surface area contributed by atoms with Crippen molar-refractivity contribution in [3.05, 3.63) is 81.5 Å². The molecule has 0 amide bonds. The largest absolute Gasteiger partial charge is 0.478 e. The van der Waals surface area contributed by atoms with Gasteiger partial charge in [-0.3, -0.25) is 0 Å². The second kappa shape index (κ2) is 6.16. The first kappa shape index (κ1) is 14.5. The standard InChI is InChI=1S/C19H16O2S/c1-13-17(18(12-22-13)19(20)21)11-14-7-9-16(10-8-14)15-5-3-2-4-6-15/h2-10,12H,11H2,1H3,(H,20,21). The Morgan fingerprint density at radius 1 is 1.00 bits per heavy atom. The number of rotatable bonds is 4. The van der Waals surface area contributed by atoms with Crippen molar-refractivity contribution in [2.24, 2.45) is 0 Å². The normalized spacial score (nSPS) is 10.6. The van der Waals surface area contributed by atoms with E-state index in [1.54, 1.807) is 5.38 Å². The summed E-state index contributed by atoms with van der Waals surface area (Å²) in [6.07, 6.45) is 0.659. The van der Waals surface area contributed by atoms with Crippen LogP contribution in [0.25, 0.3) is 11.1 Å². The van der Waals surface area contributed by atoms with E-state index in [4.69, 9.17) is 0 Å². The molecule has 0 unspecified atom stereocenters. The summed E-state index contributed by atoms with van der Waals surface area (Å²) in [6, 6.07) is 18.6. The summed E-state index contributed by atoms with van der Waals surface area (Å²) in [5.41, 5.74) is 4.83. The van der Waals surface area contributed by atoms with Crippen LogP contribution >= 0.6 is 11.3 Å². The van der Waals surface area contributed by atoms with Gasteiger partial charge in [-0.25, -0.2) is 4.79 Å². The molecule has 22 heavy (non-hydrogen) atoms. The third-order valence-electron chi connectivity index (χ3n) is 3.78. The Hall–Kier alpha value is -2.39. The van der Waals surface area contributed by atoms with E-state index < -0.39 is 5.97 Å². The first-order valence-electron chi connectivity index (χ1n) is 7.10. The molecule has 2 aromatic carbocycles. The number of aryl methyl sites for hydroxylation is 1. The molecule has 110 valence electrons. The molecule has 1 N–H and O–H groups in total. The summed E-state index contributed by atoms with van der Waals surface area (Å²) >= 11 is 1.50. The van der Waals surface area contributed by atoms with Crippen molar-refractivity contribution in [2.75, 3.05) is 0 Å². The van der Waals surface area contributed by atoms with Crippen LogP contribution in [-0.2, 0) is 6.42 Å². The Bertz CT molecular complexity index is 786. The summed E-state index contributed by atoms with van der Waals surface area (Å²) in [5.74, 6) is -0.847. The van der Waals surface area contributed by atoms with Gasteiger partial charge in [0.2, 0.25) is 0 Å². The number of benzene rings is 2. The van der Waals surface area contributed by atoms with E-state index in [-0.39, 0.29) is 0 Å². The Kier molecular flexibility index (Phi) is 4.07. The molecule has 0 aliphatic rings. The highest BCUT2D eigenvalue weighted by Gasteiger charge is 2.14. The molecule has 3 heteroatoms. The van der Waals surface area contributed by atoms with Crippen molar-refractivity contribution >= 4 is 17.3 Å². The summed E-state index contributed by atoms with van der Waals surface area (Å²) in [4.78, 5) is 12.3. The van der Waals surface area contributed by atoms with Gasteiger partial charge in [0, 0.05) is 10.3 Å². The highest BCUT2D eigenvalue weighted by Crippen LogP contribution is 2.26. The molecular formula is C19H16O2S. The smallest absolute Gasteiger partial charge is 0.336 e. The molecule has 0 spiro atoms. The van der Waals surface area contributed by atoms with Crippen LogP contribution in [0, 0.1) is 6.92 Å². The predicted molar refractivity (Wildman–Crippen MR) is 90.7 cm³/mol. The SMILES string of the molecule is Cc1scc(C(=O)O)c1Cc1ccc(-c2ccccc2)cc1. The summed E-state index contributed by atoms with van der Waals surface area (Å²) < 4.78 is 0. The van der Waals surface area contributed by atoms with Crippen LogP contribution < -0.4 is 0 Å². The number of thiophene rings is 1. The molecule has 0 fully saturated rings. The molecular weight excluding hydrogens is 292 g/mol. The van der Waals surface area contributed by atoms with Crippen LogP contribution in [0.2, 0.25) is 0 Å². The first-order chi connectivity index (χ1) is 10.6. The lowest BCUT2D eigenvalue weighted by Gasteiger charge is -2.06. The molecule has 0 bridgehead atoms. The lowest BCUT2D eigenvalue weighted by molar-refractivity contribution is 0.0696. The molecule has 0 atom stereocenters. The Labute approximate surface area is 133 Å². The Morgan fingerprint density at radius 3 is 2.27 bits per heavy atom. The number of hydrogen-bond donors (Lipinski definition) is 1. The van der Waals surface area contributed by atoms with Gasteiger partial charge < -0.3 is 5.11 Å². The topological polar surface area (TPSA) is 37.3 Å². The van der Waals surface area contributed by atoms with Crippen LogP contribution in [0.1, 0.15) is 26.4 Å². The average molecular weight is 308 g/mol. The van der Waals surface area contributed by atoms with Crippen molar-refractivity contribution in [3.63, 3.8) is 0 Å². The third kappa shape index (κ3) is 2.95. The first-order valence-corrected chi connectivity index (χ1v) is 7.98. The second-order valence-electron chi connectivity index (χ2n) is 5.23. The van der Waals surface area contributed by atoms with Gasteiger partial charge in [-0.15, -0.1) is 11.3 Å². The predicted octanol–water partition coefficient (Wildman–Crippen LogP) is 5.01. The Balaban J connectivity index is 1.86. The summed E-state index contributed by atoms with van der Waals surface area (Å²) in [5, 5.41) is 11.0. The van der Waals surface area contributed by atoms with Crippen molar-refractivity contribution in [3.8, 4) is 11.1 Å². The number of aromatic carboxylic acids is 1. The number of hydrogen-bond acceptors (Lipinski definition) is 2. The molecule has 0 radical (unpaired) electrons. The maximum atomic E-state index is 11.3. The molecule has 1 aromatic heterocycles. The van der Waals surface area contributed by atoms with E-state index in [2.05, 4.69) is 36.4 Å². The molecule has 0 saturated heterocycles. The van der Waals surface area contributed by atoms with Crippen molar-refractivity contribution in [1.82, 2.24) is 0 Å². The van der Waals surface area contributed by atoms with Gasteiger partial charge in [0.05, 0.1) is 5.56 Å². The van der Waals surface area contributed by atoms with Gasteiger partial charge in [0.15, 0.2) is 0 Å². The average Bonchev–Trinajstić information content (AvgIpc) is 2.90. The fraction of sp³-hybridized carbons (Fsp3) is 0.105. The van der Waals surface area contributed by atoms with E-state index >= 15 is 0 Å². The quantitative estimate of drug-likeness (QED) is 0.735. The monoisotopic (exact) mass is 308 g/mol. The van der Waals surface area contributed by atoms with E-state index in [1.165, 1.54) is 22.5 Å². The molecule has 1 heterocycles.